The molecule has 0 bridgehead atoms. The normalized spacial score (nSPS) is 17.6. The van der Waals surface area contributed by atoms with Gasteiger partial charge in [0.1, 0.15) is 17.7 Å². The van der Waals surface area contributed by atoms with E-state index in [-0.39, 0.29) is 17.8 Å². The molecule has 1 aliphatic rings. The molecule has 42 heavy (non-hydrogen) atoms. The van der Waals surface area contributed by atoms with E-state index in [2.05, 4.69) is 25.1 Å². The lowest BCUT2D eigenvalue weighted by Gasteiger charge is -2.24. The van der Waals surface area contributed by atoms with Crippen molar-refractivity contribution >= 4 is 16.6 Å². The summed E-state index contributed by atoms with van der Waals surface area (Å²) in [5.74, 6) is 0.362. The zero-order valence-corrected chi connectivity index (χ0v) is 24.1. The molecule has 10 nitrogen and oxygen atoms in total. The van der Waals surface area contributed by atoms with Gasteiger partial charge in [-0.15, -0.1) is 0 Å². The molecule has 0 N–H and O–H groups in total. The lowest BCUT2D eigenvalue weighted by Crippen LogP contribution is -2.26. The zero-order chi connectivity index (χ0) is 30.0. The van der Waals surface area contributed by atoms with Crippen LogP contribution in [0.25, 0.3) is 27.8 Å². The first kappa shape index (κ1) is 27.9. The number of pyridine rings is 1. The summed E-state index contributed by atoms with van der Waals surface area (Å²) in [6.07, 6.45) is 2.69. The zero-order valence-electron chi connectivity index (χ0n) is 24.1. The first-order valence-corrected chi connectivity index (χ1v) is 13.6. The highest BCUT2D eigenvalue weighted by Crippen LogP contribution is 2.54. The SMILES string of the molecule is CC(C)(C)Oc1ncc(-c2cc([C@H]3CC3c3cc4c(cn3)cnn4CC(F)(F)F)n3nccc3n2)c(OC(C)(C)C)n1. The molecule has 220 valence electrons. The topological polar surface area (TPSA) is 105 Å². The predicted molar refractivity (Wildman–Crippen MR) is 148 cm³/mol. The maximum Gasteiger partial charge on any atom is 0.408 e. The molecule has 0 aliphatic heterocycles. The highest BCUT2D eigenvalue weighted by Gasteiger charge is 2.43. The Morgan fingerprint density at radius 2 is 1.64 bits per heavy atom. The fraction of sp³-hybridized carbons (Fsp3) is 0.448. The number of aromatic nitrogens is 8. The minimum absolute atomic E-state index is 0.00426. The summed E-state index contributed by atoms with van der Waals surface area (Å²) in [6, 6.07) is 5.66. The molecule has 5 heterocycles. The average Bonchev–Trinajstić information content (AvgIpc) is 3.34. The molecule has 1 aliphatic carbocycles. The smallest absolute Gasteiger partial charge is 0.408 e. The third-order valence-electron chi connectivity index (χ3n) is 6.62. The van der Waals surface area contributed by atoms with Gasteiger partial charge in [0.05, 0.1) is 34.9 Å². The van der Waals surface area contributed by atoms with Crippen LogP contribution < -0.4 is 9.47 Å². The standard InChI is InChI=1S/C29H31F3N8O2/c1-27(2,3)41-25-19(14-34-26(38-25)42-28(4,5)6)21-11-23(40-24(37-21)7-8-35-40)18-9-17(18)20-10-22-16(12-33-20)13-36-39(22)15-29(30,31)32/h7-8,10-14,17-18H,9,15H2,1-6H3/t17?,18-/m0/s1. The van der Waals surface area contributed by atoms with Crippen LogP contribution in [-0.4, -0.2) is 56.7 Å². The van der Waals surface area contributed by atoms with Gasteiger partial charge in [0, 0.05) is 41.4 Å². The molecule has 0 amide bonds. The summed E-state index contributed by atoms with van der Waals surface area (Å²) < 4.78 is 54.2. The number of hydrogen-bond donors (Lipinski definition) is 0. The number of halogens is 3. The van der Waals surface area contributed by atoms with Crippen LogP contribution in [0.15, 0.2) is 43.0 Å². The van der Waals surface area contributed by atoms with Crippen molar-refractivity contribution in [3.63, 3.8) is 0 Å². The number of alkyl halides is 3. The van der Waals surface area contributed by atoms with E-state index in [4.69, 9.17) is 14.5 Å². The van der Waals surface area contributed by atoms with E-state index >= 15 is 0 Å². The Morgan fingerprint density at radius 3 is 2.36 bits per heavy atom. The van der Waals surface area contributed by atoms with Crippen LogP contribution in [0, 0.1) is 0 Å². The molecule has 13 heteroatoms. The molecule has 6 rings (SSSR count). The Balaban J connectivity index is 1.37. The summed E-state index contributed by atoms with van der Waals surface area (Å²) in [6.45, 7) is 10.4. The number of nitrogens with zero attached hydrogens (tertiary/aromatic N) is 8. The van der Waals surface area contributed by atoms with E-state index in [1.165, 1.54) is 6.20 Å². The third kappa shape index (κ3) is 5.86. The van der Waals surface area contributed by atoms with Crippen molar-refractivity contribution < 1.29 is 22.6 Å². The van der Waals surface area contributed by atoms with Crippen LogP contribution in [0.3, 0.4) is 0 Å². The molecule has 5 aromatic heterocycles. The first-order valence-electron chi connectivity index (χ1n) is 13.6. The Hall–Kier alpha value is -4.29. The molecule has 0 saturated heterocycles. The van der Waals surface area contributed by atoms with Crippen molar-refractivity contribution in [1.29, 1.82) is 0 Å². The fourth-order valence-corrected chi connectivity index (χ4v) is 4.89. The van der Waals surface area contributed by atoms with Gasteiger partial charge in [-0.2, -0.15) is 28.4 Å². The van der Waals surface area contributed by atoms with E-state index in [1.54, 1.807) is 29.2 Å². The number of hydrogen-bond acceptors (Lipinski definition) is 8. The van der Waals surface area contributed by atoms with Gasteiger partial charge in [-0.1, -0.05) is 0 Å². The molecule has 0 radical (unpaired) electrons. The monoisotopic (exact) mass is 580 g/mol. The summed E-state index contributed by atoms with van der Waals surface area (Å²) >= 11 is 0. The van der Waals surface area contributed by atoms with Gasteiger partial charge in [0.25, 0.3) is 0 Å². The Kier molecular flexibility index (Phi) is 6.39. The fourth-order valence-electron chi connectivity index (χ4n) is 4.89. The van der Waals surface area contributed by atoms with Crippen LogP contribution in [0.2, 0.25) is 0 Å². The van der Waals surface area contributed by atoms with Crippen molar-refractivity contribution in [2.45, 2.75) is 83.7 Å². The second kappa shape index (κ2) is 9.63. The van der Waals surface area contributed by atoms with Gasteiger partial charge in [-0.3, -0.25) is 9.67 Å². The van der Waals surface area contributed by atoms with Gasteiger partial charge in [0.15, 0.2) is 5.65 Å². The van der Waals surface area contributed by atoms with Gasteiger partial charge < -0.3 is 9.47 Å². The number of fused-ring (bicyclic) bond motifs is 2. The molecule has 0 aromatic carbocycles. The van der Waals surface area contributed by atoms with Gasteiger partial charge in [0.2, 0.25) is 5.88 Å². The minimum Gasteiger partial charge on any atom is -0.471 e. The number of rotatable bonds is 6. The van der Waals surface area contributed by atoms with E-state index in [1.807, 2.05) is 53.7 Å². The van der Waals surface area contributed by atoms with Crippen LogP contribution in [-0.2, 0) is 6.54 Å². The van der Waals surface area contributed by atoms with Crippen LogP contribution in [0.1, 0.15) is 71.2 Å². The Morgan fingerprint density at radius 1 is 0.881 bits per heavy atom. The molecule has 1 unspecified atom stereocenters. The predicted octanol–water partition coefficient (Wildman–Crippen LogP) is 6.12. The lowest BCUT2D eigenvalue weighted by molar-refractivity contribution is -0.141. The average molecular weight is 581 g/mol. The summed E-state index contributed by atoms with van der Waals surface area (Å²) in [5, 5.41) is 8.97. The maximum absolute atomic E-state index is 13.1. The second-order valence-electron chi connectivity index (χ2n) is 12.5. The van der Waals surface area contributed by atoms with E-state index in [0.29, 0.717) is 39.4 Å². The Labute approximate surface area is 239 Å². The highest BCUT2D eigenvalue weighted by atomic mass is 19.4. The number of ether oxygens (including phenoxy) is 2. The van der Waals surface area contributed by atoms with Crippen molar-refractivity contribution in [1.82, 2.24) is 39.3 Å². The van der Waals surface area contributed by atoms with Crippen LogP contribution in [0.4, 0.5) is 13.2 Å². The molecule has 5 aromatic rings. The van der Waals surface area contributed by atoms with Gasteiger partial charge in [-0.05, 0) is 60.1 Å². The maximum atomic E-state index is 13.1. The van der Waals surface area contributed by atoms with E-state index < -0.39 is 23.9 Å². The molecule has 0 spiro atoms. The summed E-state index contributed by atoms with van der Waals surface area (Å²) in [7, 11) is 0. The van der Waals surface area contributed by atoms with E-state index in [9.17, 15) is 13.2 Å². The first-order chi connectivity index (χ1) is 19.6. The van der Waals surface area contributed by atoms with Crippen molar-refractivity contribution in [3.8, 4) is 23.1 Å². The second-order valence-corrected chi connectivity index (χ2v) is 12.5. The van der Waals surface area contributed by atoms with Gasteiger partial charge in [-0.25, -0.2) is 14.5 Å². The summed E-state index contributed by atoms with van der Waals surface area (Å²) in [5.41, 5.74) is 2.81. The van der Waals surface area contributed by atoms with Crippen molar-refractivity contribution in [2.75, 3.05) is 0 Å². The lowest BCUT2D eigenvalue weighted by atomic mass is 10.1. The molecule has 1 fully saturated rings. The quantitative estimate of drug-likeness (QED) is 0.237. The molecule has 2 atom stereocenters. The van der Waals surface area contributed by atoms with E-state index in [0.717, 1.165) is 16.8 Å². The summed E-state index contributed by atoms with van der Waals surface area (Å²) in [4.78, 5) is 18.4. The van der Waals surface area contributed by atoms with Crippen LogP contribution in [0.5, 0.6) is 11.9 Å². The third-order valence-corrected chi connectivity index (χ3v) is 6.62. The molecular formula is C29H31F3N8O2. The van der Waals surface area contributed by atoms with Crippen molar-refractivity contribution in [2.24, 2.45) is 0 Å². The Bertz CT molecular complexity index is 1780. The largest absolute Gasteiger partial charge is 0.471 e. The minimum atomic E-state index is -4.38. The highest BCUT2D eigenvalue weighted by molar-refractivity contribution is 5.78. The molecular weight excluding hydrogens is 549 g/mol. The van der Waals surface area contributed by atoms with Gasteiger partial charge >= 0.3 is 12.2 Å². The molecule has 1 saturated carbocycles. The van der Waals surface area contributed by atoms with Crippen LogP contribution >= 0.6 is 0 Å². The van der Waals surface area contributed by atoms with Crippen molar-refractivity contribution in [3.05, 3.63) is 54.4 Å².